The zero-order valence-electron chi connectivity index (χ0n) is 16.7. The molecule has 32 heavy (non-hydrogen) atoms. The van der Waals surface area contributed by atoms with E-state index in [2.05, 4.69) is 15.0 Å². The number of rotatable bonds is 5. The standard InChI is InChI=1S/C22H19F3N2O5/c23-22(24,25)32-16-4-1-3-14(10-16)27-21-18(20(29)26-12-17-5-2-8-30-17)9-13-6-7-15(28)11-19(13)31-21/h1,3-4,6-7,9-11,17,28H,2,5,8,12H2,(H,26,29)/t17-/m1/s1. The Labute approximate surface area is 180 Å². The van der Waals surface area contributed by atoms with Gasteiger partial charge in [-0.1, -0.05) is 6.07 Å². The molecular formula is C22H19F3N2O5. The molecule has 2 aromatic carbocycles. The molecule has 3 aromatic rings. The second kappa shape index (κ2) is 8.91. The monoisotopic (exact) mass is 448 g/mol. The van der Waals surface area contributed by atoms with Crippen LogP contribution < -0.4 is 15.6 Å². The van der Waals surface area contributed by atoms with Gasteiger partial charge < -0.3 is 24.3 Å². The minimum atomic E-state index is -4.85. The Balaban J connectivity index is 1.73. The van der Waals surface area contributed by atoms with E-state index in [1.807, 2.05) is 0 Å². The molecule has 0 aliphatic carbocycles. The Bertz CT molecular complexity index is 1200. The van der Waals surface area contributed by atoms with Gasteiger partial charge in [0.1, 0.15) is 22.6 Å². The van der Waals surface area contributed by atoms with Gasteiger partial charge in [-0.05, 0) is 43.2 Å². The molecule has 0 radical (unpaired) electrons. The molecule has 7 nitrogen and oxygen atoms in total. The van der Waals surface area contributed by atoms with Gasteiger partial charge in [0.2, 0.25) is 5.55 Å². The van der Waals surface area contributed by atoms with Gasteiger partial charge in [-0.2, -0.15) is 0 Å². The maximum Gasteiger partial charge on any atom is 0.573 e. The van der Waals surface area contributed by atoms with Gasteiger partial charge in [-0.3, -0.25) is 4.79 Å². The summed E-state index contributed by atoms with van der Waals surface area (Å²) in [6.07, 6.45) is -3.17. The topological polar surface area (TPSA) is 93.3 Å². The third-order valence-corrected chi connectivity index (χ3v) is 4.77. The molecule has 4 rings (SSSR count). The summed E-state index contributed by atoms with van der Waals surface area (Å²) in [5.74, 6) is -0.981. The van der Waals surface area contributed by atoms with E-state index >= 15 is 0 Å². The summed E-state index contributed by atoms with van der Waals surface area (Å²) in [6, 6.07) is 10.9. The van der Waals surface area contributed by atoms with Crippen LogP contribution in [0, 0.1) is 0 Å². The number of amides is 1. The second-order valence-electron chi connectivity index (χ2n) is 7.19. The number of carbonyl (C=O) groups excluding carboxylic acids is 1. The van der Waals surface area contributed by atoms with E-state index in [4.69, 9.17) is 9.15 Å². The summed E-state index contributed by atoms with van der Waals surface area (Å²) < 4.78 is 52.8. The summed E-state index contributed by atoms with van der Waals surface area (Å²) in [6.45, 7) is 0.951. The van der Waals surface area contributed by atoms with Crippen molar-refractivity contribution in [3.05, 3.63) is 59.6 Å². The molecule has 2 N–H and O–H groups in total. The zero-order chi connectivity index (χ0) is 22.7. The van der Waals surface area contributed by atoms with Crippen molar-refractivity contribution in [2.24, 2.45) is 4.99 Å². The van der Waals surface area contributed by atoms with E-state index in [1.54, 1.807) is 6.07 Å². The molecule has 0 unspecified atom stereocenters. The third kappa shape index (κ3) is 5.38. The van der Waals surface area contributed by atoms with E-state index in [-0.39, 0.29) is 34.2 Å². The highest BCUT2D eigenvalue weighted by atomic mass is 19.4. The highest BCUT2D eigenvalue weighted by Crippen LogP contribution is 2.26. The lowest BCUT2D eigenvalue weighted by Crippen LogP contribution is -2.34. The Morgan fingerprint density at radius 1 is 1.22 bits per heavy atom. The van der Waals surface area contributed by atoms with Crippen molar-refractivity contribution in [2.45, 2.75) is 25.3 Å². The predicted octanol–water partition coefficient (Wildman–Crippen LogP) is 4.18. The molecule has 2 heterocycles. The van der Waals surface area contributed by atoms with Crippen LogP contribution in [0.4, 0.5) is 18.9 Å². The first-order valence-corrected chi connectivity index (χ1v) is 9.84. The zero-order valence-corrected chi connectivity index (χ0v) is 16.7. The fourth-order valence-corrected chi connectivity index (χ4v) is 3.33. The first-order valence-electron chi connectivity index (χ1n) is 9.84. The molecular weight excluding hydrogens is 429 g/mol. The molecule has 1 saturated heterocycles. The number of alkyl halides is 3. The van der Waals surface area contributed by atoms with Crippen LogP contribution in [0.5, 0.6) is 11.5 Å². The minimum Gasteiger partial charge on any atom is -0.508 e. The fourth-order valence-electron chi connectivity index (χ4n) is 3.33. The van der Waals surface area contributed by atoms with E-state index in [9.17, 15) is 23.1 Å². The van der Waals surface area contributed by atoms with Gasteiger partial charge in [0.05, 0.1) is 11.8 Å². The molecule has 1 amide bonds. The molecule has 1 atom stereocenters. The Hall–Kier alpha value is -3.53. The van der Waals surface area contributed by atoms with Crippen LogP contribution in [0.3, 0.4) is 0 Å². The lowest BCUT2D eigenvalue weighted by Gasteiger charge is -2.11. The van der Waals surface area contributed by atoms with Crippen molar-refractivity contribution in [3.8, 4) is 11.5 Å². The van der Waals surface area contributed by atoms with E-state index in [0.29, 0.717) is 18.5 Å². The molecule has 1 aliphatic rings. The normalized spacial score (nSPS) is 17.0. The molecule has 0 bridgehead atoms. The number of ether oxygens (including phenoxy) is 2. The van der Waals surface area contributed by atoms with Crippen LogP contribution >= 0.6 is 0 Å². The first kappa shape index (κ1) is 21.7. The Morgan fingerprint density at radius 3 is 2.81 bits per heavy atom. The largest absolute Gasteiger partial charge is 0.573 e. The third-order valence-electron chi connectivity index (χ3n) is 4.77. The smallest absolute Gasteiger partial charge is 0.508 e. The number of fused-ring (bicyclic) bond motifs is 1. The molecule has 0 saturated carbocycles. The predicted molar refractivity (Wildman–Crippen MR) is 108 cm³/mol. The number of aromatic hydroxyl groups is 1. The maximum atomic E-state index is 12.9. The number of phenols is 1. The summed E-state index contributed by atoms with van der Waals surface area (Å²) >= 11 is 0. The second-order valence-corrected chi connectivity index (χ2v) is 7.19. The maximum absolute atomic E-state index is 12.9. The minimum absolute atomic E-state index is 0.0524. The fraction of sp³-hybridized carbons (Fsp3) is 0.273. The molecule has 10 heteroatoms. The summed E-state index contributed by atoms with van der Waals surface area (Å²) in [7, 11) is 0. The number of carbonyl (C=O) groups is 1. The summed E-state index contributed by atoms with van der Waals surface area (Å²) in [4.78, 5) is 17.1. The molecule has 1 aromatic heterocycles. The summed E-state index contributed by atoms with van der Waals surface area (Å²) in [5, 5.41) is 13.1. The van der Waals surface area contributed by atoms with Gasteiger partial charge in [-0.25, -0.2) is 4.99 Å². The van der Waals surface area contributed by atoms with Crippen molar-refractivity contribution in [3.63, 3.8) is 0 Å². The van der Waals surface area contributed by atoms with Crippen molar-refractivity contribution in [1.82, 2.24) is 5.32 Å². The van der Waals surface area contributed by atoms with Gasteiger partial charge in [0.15, 0.2) is 0 Å². The van der Waals surface area contributed by atoms with E-state index in [0.717, 1.165) is 25.0 Å². The molecule has 0 spiro atoms. The van der Waals surface area contributed by atoms with Gasteiger partial charge in [0, 0.05) is 30.7 Å². The van der Waals surface area contributed by atoms with Crippen molar-refractivity contribution < 1.29 is 37.0 Å². The highest BCUT2D eigenvalue weighted by Gasteiger charge is 2.31. The summed E-state index contributed by atoms with van der Waals surface area (Å²) in [5.41, 5.74) is 0.297. The van der Waals surface area contributed by atoms with E-state index in [1.165, 1.54) is 30.3 Å². The first-order chi connectivity index (χ1) is 15.3. The SMILES string of the molecule is O=C(NC[C@H]1CCCO1)c1cc2ccc(O)cc2oc1=Nc1cccc(OC(F)(F)F)c1. The number of nitrogens with one attached hydrogen (secondary N) is 1. The number of nitrogens with zero attached hydrogens (tertiary/aromatic N) is 1. The van der Waals surface area contributed by atoms with Crippen LogP contribution in [0.1, 0.15) is 23.2 Å². The van der Waals surface area contributed by atoms with Gasteiger partial charge in [-0.15, -0.1) is 13.2 Å². The van der Waals surface area contributed by atoms with Crippen LogP contribution in [0.25, 0.3) is 11.0 Å². The van der Waals surface area contributed by atoms with Gasteiger partial charge >= 0.3 is 6.36 Å². The number of phenolic OH excluding ortho intramolecular Hbond substituents is 1. The Morgan fingerprint density at radius 2 is 2.06 bits per heavy atom. The van der Waals surface area contributed by atoms with Crippen molar-refractivity contribution in [1.29, 1.82) is 0 Å². The van der Waals surface area contributed by atoms with E-state index < -0.39 is 18.0 Å². The highest BCUT2D eigenvalue weighted by molar-refractivity contribution is 5.96. The lowest BCUT2D eigenvalue weighted by molar-refractivity contribution is -0.274. The average molecular weight is 448 g/mol. The molecule has 168 valence electrons. The van der Waals surface area contributed by atoms with Crippen LogP contribution in [0.2, 0.25) is 0 Å². The van der Waals surface area contributed by atoms with Gasteiger partial charge in [0.25, 0.3) is 5.91 Å². The van der Waals surface area contributed by atoms with Crippen molar-refractivity contribution in [2.75, 3.05) is 13.2 Å². The lowest BCUT2D eigenvalue weighted by atomic mass is 10.1. The van der Waals surface area contributed by atoms with Crippen LogP contribution in [-0.2, 0) is 4.74 Å². The number of halogens is 3. The molecule has 1 aliphatic heterocycles. The number of hydrogen-bond acceptors (Lipinski definition) is 6. The van der Waals surface area contributed by atoms with Crippen LogP contribution in [-0.4, -0.2) is 36.6 Å². The number of hydrogen-bond donors (Lipinski definition) is 2. The quantitative estimate of drug-likeness (QED) is 0.611. The Kier molecular flexibility index (Phi) is 6.04. The average Bonchev–Trinajstić information content (AvgIpc) is 3.24. The van der Waals surface area contributed by atoms with Crippen LogP contribution in [0.15, 0.2) is 57.9 Å². The van der Waals surface area contributed by atoms with Crippen molar-refractivity contribution >= 4 is 22.6 Å². The molecule has 1 fully saturated rings. The number of benzene rings is 2.